The van der Waals surface area contributed by atoms with Crippen LogP contribution >= 0.6 is 11.3 Å². The summed E-state index contributed by atoms with van der Waals surface area (Å²) in [6.45, 7) is 2.26. The van der Waals surface area contributed by atoms with Gasteiger partial charge < -0.3 is 9.47 Å². The van der Waals surface area contributed by atoms with Crippen LogP contribution in [0.25, 0.3) is 10.2 Å². The molecule has 3 aromatic rings. The fraction of sp³-hybridized carbons (Fsp3) is 0.316. The highest BCUT2D eigenvalue weighted by Gasteiger charge is 2.23. The number of hydrogen-bond donors (Lipinski definition) is 0. The fourth-order valence-corrected chi connectivity index (χ4v) is 4.18. The van der Waals surface area contributed by atoms with Gasteiger partial charge in [0.1, 0.15) is 11.5 Å². The second kappa shape index (κ2) is 6.40. The number of halogens is 1. The predicted molar refractivity (Wildman–Crippen MR) is 95.1 cm³/mol. The third kappa shape index (κ3) is 2.84. The smallest absolute Gasteiger partial charge is 0.270 e. The Morgan fingerprint density at radius 3 is 2.58 bits per heavy atom. The van der Waals surface area contributed by atoms with E-state index in [2.05, 4.69) is 10.6 Å². The molecule has 0 N–H and O–H groups in total. The Morgan fingerprint density at radius 1 is 1.08 bits per heavy atom. The second-order valence-corrected chi connectivity index (χ2v) is 7.21. The highest BCUT2D eigenvalue weighted by molar-refractivity contribution is 7.17. The van der Waals surface area contributed by atoms with Gasteiger partial charge in [0.05, 0.1) is 10.2 Å². The summed E-state index contributed by atoms with van der Waals surface area (Å²) < 4.78 is 16.3. The van der Waals surface area contributed by atoms with Crippen LogP contribution in [0.3, 0.4) is 0 Å². The SMILES string of the molecule is O=C(c1cc2sccc2n1Cc1ccc(F)cc1)N1CCCCC1. The first-order chi connectivity index (χ1) is 11.7. The van der Waals surface area contributed by atoms with E-state index in [4.69, 9.17) is 0 Å². The van der Waals surface area contributed by atoms with E-state index in [1.165, 1.54) is 18.6 Å². The van der Waals surface area contributed by atoms with Crippen LogP contribution in [0.1, 0.15) is 35.3 Å². The number of fused-ring (bicyclic) bond motifs is 1. The van der Waals surface area contributed by atoms with Gasteiger partial charge in [0, 0.05) is 19.6 Å². The van der Waals surface area contributed by atoms with Crippen molar-refractivity contribution >= 4 is 27.5 Å². The van der Waals surface area contributed by atoms with Gasteiger partial charge in [-0.1, -0.05) is 12.1 Å². The Bertz CT molecular complexity index is 859. The third-order valence-corrected chi connectivity index (χ3v) is 5.49. The average Bonchev–Trinajstić information content (AvgIpc) is 3.19. The molecule has 0 bridgehead atoms. The summed E-state index contributed by atoms with van der Waals surface area (Å²) in [4.78, 5) is 14.9. The molecular weight excluding hydrogens is 323 g/mol. The van der Waals surface area contributed by atoms with Gasteiger partial charge in [-0.3, -0.25) is 4.79 Å². The van der Waals surface area contributed by atoms with Crippen molar-refractivity contribution in [3.63, 3.8) is 0 Å². The lowest BCUT2D eigenvalue weighted by Crippen LogP contribution is -2.36. The molecule has 1 aliphatic heterocycles. The standard InChI is InChI=1S/C19H19FN2OS/c20-15-6-4-14(5-7-15)13-22-16-8-11-24-18(16)12-17(22)19(23)21-9-2-1-3-10-21/h4-8,11-12H,1-3,9-10,13H2. The number of likely N-dealkylation sites (tertiary alicyclic amines) is 1. The van der Waals surface area contributed by atoms with Crippen LogP contribution in [0.15, 0.2) is 41.8 Å². The van der Waals surface area contributed by atoms with Crippen molar-refractivity contribution in [2.24, 2.45) is 0 Å². The van der Waals surface area contributed by atoms with Crippen LogP contribution in [0.5, 0.6) is 0 Å². The number of aromatic nitrogens is 1. The Kier molecular flexibility index (Phi) is 4.10. The topological polar surface area (TPSA) is 25.2 Å². The Hall–Kier alpha value is -2.14. The molecular formula is C19H19FN2OS. The molecule has 4 rings (SSSR count). The zero-order valence-electron chi connectivity index (χ0n) is 13.4. The van der Waals surface area contributed by atoms with E-state index in [9.17, 15) is 9.18 Å². The van der Waals surface area contributed by atoms with Crippen molar-refractivity contribution in [3.05, 3.63) is 58.9 Å². The molecule has 1 fully saturated rings. The number of thiophene rings is 1. The highest BCUT2D eigenvalue weighted by Crippen LogP contribution is 2.27. The van der Waals surface area contributed by atoms with Gasteiger partial charge in [-0.2, -0.15) is 0 Å². The zero-order chi connectivity index (χ0) is 16.5. The maximum Gasteiger partial charge on any atom is 0.270 e. The van der Waals surface area contributed by atoms with E-state index in [1.54, 1.807) is 23.5 Å². The maximum absolute atomic E-state index is 13.2. The third-order valence-electron chi connectivity index (χ3n) is 4.64. The van der Waals surface area contributed by atoms with Crippen LogP contribution < -0.4 is 0 Å². The first kappa shape index (κ1) is 15.4. The van der Waals surface area contributed by atoms with E-state index in [1.807, 2.05) is 16.3 Å². The molecule has 1 amide bonds. The van der Waals surface area contributed by atoms with E-state index >= 15 is 0 Å². The van der Waals surface area contributed by atoms with E-state index in [-0.39, 0.29) is 11.7 Å². The number of hydrogen-bond acceptors (Lipinski definition) is 2. The molecule has 1 aliphatic rings. The van der Waals surface area contributed by atoms with E-state index in [0.29, 0.717) is 6.54 Å². The minimum Gasteiger partial charge on any atom is -0.337 e. The molecule has 24 heavy (non-hydrogen) atoms. The number of carbonyl (C=O) groups excluding carboxylic acids is 1. The van der Waals surface area contributed by atoms with Gasteiger partial charge in [0.2, 0.25) is 0 Å². The number of piperidine rings is 1. The predicted octanol–water partition coefficient (Wildman–Crippen LogP) is 4.52. The summed E-state index contributed by atoms with van der Waals surface area (Å²) in [5.74, 6) is -0.128. The Labute approximate surface area is 144 Å². The van der Waals surface area contributed by atoms with Crippen molar-refractivity contribution in [1.29, 1.82) is 0 Å². The molecule has 1 aromatic carbocycles. The molecule has 3 nitrogen and oxygen atoms in total. The van der Waals surface area contributed by atoms with Crippen LogP contribution in [0, 0.1) is 5.82 Å². The second-order valence-electron chi connectivity index (χ2n) is 6.27. The summed E-state index contributed by atoms with van der Waals surface area (Å²) in [6, 6.07) is 10.5. The van der Waals surface area contributed by atoms with Gasteiger partial charge in [0.25, 0.3) is 5.91 Å². The van der Waals surface area contributed by atoms with Gasteiger partial charge >= 0.3 is 0 Å². The van der Waals surface area contributed by atoms with Crippen LogP contribution in [0.2, 0.25) is 0 Å². The Balaban J connectivity index is 1.71. The van der Waals surface area contributed by atoms with Crippen LogP contribution in [0.4, 0.5) is 4.39 Å². The molecule has 2 aromatic heterocycles. The molecule has 0 aliphatic carbocycles. The summed E-state index contributed by atoms with van der Waals surface area (Å²) in [6.07, 6.45) is 3.37. The van der Waals surface area contributed by atoms with Crippen molar-refractivity contribution in [2.45, 2.75) is 25.8 Å². The van der Waals surface area contributed by atoms with Gasteiger partial charge in [-0.15, -0.1) is 11.3 Å². The number of carbonyl (C=O) groups is 1. The van der Waals surface area contributed by atoms with Crippen molar-refractivity contribution < 1.29 is 9.18 Å². The highest BCUT2D eigenvalue weighted by atomic mass is 32.1. The quantitative estimate of drug-likeness (QED) is 0.687. The fourth-order valence-electron chi connectivity index (χ4n) is 3.36. The van der Waals surface area contributed by atoms with Crippen molar-refractivity contribution in [3.8, 4) is 0 Å². The lowest BCUT2D eigenvalue weighted by Gasteiger charge is -2.27. The van der Waals surface area contributed by atoms with Crippen LogP contribution in [-0.4, -0.2) is 28.5 Å². The van der Waals surface area contributed by atoms with Crippen LogP contribution in [-0.2, 0) is 6.54 Å². The molecule has 124 valence electrons. The molecule has 0 unspecified atom stereocenters. The maximum atomic E-state index is 13.2. The summed E-state index contributed by atoms with van der Waals surface area (Å²) in [5, 5.41) is 2.04. The molecule has 0 radical (unpaired) electrons. The van der Waals surface area contributed by atoms with Gasteiger partial charge in [-0.05, 0) is 54.5 Å². The first-order valence-corrected chi connectivity index (χ1v) is 9.21. The number of nitrogens with zero attached hydrogens (tertiary/aromatic N) is 2. The minimum absolute atomic E-state index is 0.111. The number of benzene rings is 1. The summed E-state index contributed by atoms with van der Waals surface area (Å²) in [5.41, 5.74) is 2.81. The molecule has 5 heteroatoms. The number of amides is 1. The number of rotatable bonds is 3. The van der Waals surface area contributed by atoms with E-state index in [0.717, 1.165) is 47.4 Å². The summed E-state index contributed by atoms with van der Waals surface area (Å²) in [7, 11) is 0. The normalized spacial score (nSPS) is 15.1. The molecule has 0 atom stereocenters. The molecule has 0 saturated carbocycles. The van der Waals surface area contributed by atoms with Gasteiger partial charge in [-0.25, -0.2) is 4.39 Å². The lowest BCUT2D eigenvalue weighted by atomic mass is 10.1. The zero-order valence-corrected chi connectivity index (χ0v) is 14.2. The van der Waals surface area contributed by atoms with Gasteiger partial charge in [0.15, 0.2) is 0 Å². The van der Waals surface area contributed by atoms with E-state index < -0.39 is 0 Å². The summed E-state index contributed by atoms with van der Waals surface area (Å²) >= 11 is 1.65. The average molecular weight is 342 g/mol. The largest absolute Gasteiger partial charge is 0.337 e. The Morgan fingerprint density at radius 2 is 1.83 bits per heavy atom. The lowest BCUT2D eigenvalue weighted by molar-refractivity contribution is 0.0714. The molecule has 1 saturated heterocycles. The first-order valence-electron chi connectivity index (χ1n) is 8.33. The van der Waals surface area contributed by atoms with Crippen molar-refractivity contribution in [1.82, 2.24) is 9.47 Å². The van der Waals surface area contributed by atoms with Crippen molar-refractivity contribution in [2.75, 3.05) is 13.1 Å². The monoisotopic (exact) mass is 342 g/mol. The molecule has 3 heterocycles. The molecule has 0 spiro atoms. The minimum atomic E-state index is -0.239.